The van der Waals surface area contributed by atoms with Gasteiger partial charge in [0, 0.05) is 12.0 Å². The Morgan fingerprint density at radius 2 is 1.84 bits per heavy atom. The maximum atomic E-state index is 11.0. The number of oxazole rings is 1. The lowest BCUT2D eigenvalue weighted by molar-refractivity contribution is -0.129. The lowest BCUT2D eigenvalue weighted by Crippen LogP contribution is -2.17. The Hall–Kier alpha value is -2.28. The molecule has 0 aliphatic heterocycles. The van der Waals surface area contributed by atoms with Crippen LogP contribution in [0.15, 0.2) is 34.7 Å². The molecule has 0 saturated heterocycles. The van der Waals surface area contributed by atoms with Gasteiger partial charge in [-0.25, -0.2) is 10.5 Å². The third-order valence-corrected chi connectivity index (χ3v) is 5.48. The Bertz CT molecular complexity index is 1050. The number of hydrogen-bond acceptors (Lipinski definition) is 5. The van der Waals surface area contributed by atoms with Crippen molar-refractivity contribution in [3.05, 3.63) is 45.9 Å². The Morgan fingerprint density at radius 3 is 2.48 bits per heavy atom. The number of hydroxylamine groups is 1. The number of benzene rings is 2. The first-order valence-electron chi connectivity index (χ1n) is 10.2. The fraction of sp³-hybridized carbons (Fsp3) is 0.391. The molecule has 0 saturated carbocycles. The van der Waals surface area contributed by atoms with Crippen molar-refractivity contribution < 1.29 is 19.2 Å². The molecule has 3 aromatic rings. The maximum Gasteiger partial charge on any atom is 0.243 e. The molecule has 0 unspecified atom stereocenters. The van der Waals surface area contributed by atoms with Crippen molar-refractivity contribution in [3.63, 3.8) is 0 Å². The van der Waals surface area contributed by atoms with Crippen LogP contribution in [0.2, 0.25) is 10.0 Å². The predicted molar refractivity (Wildman–Crippen MR) is 122 cm³/mol. The van der Waals surface area contributed by atoms with Gasteiger partial charge < -0.3 is 9.15 Å². The molecule has 6 nitrogen and oxygen atoms in total. The normalized spacial score (nSPS) is 11.7. The van der Waals surface area contributed by atoms with Crippen LogP contribution in [0.3, 0.4) is 0 Å². The highest BCUT2D eigenvalue weighted by Gasteiger charge is 2.18. The number of aromatic nitrogens is 1. The molecule has 1 amide bonds. The van der Waals surface area contributed by atoms with Gasteiger partial charge >= 0.3 is 0 Å². The van der Waals surface area contributed by atoms with Gasteiger partial charge in [0.25, 0.3) is 0 Å². The van der Waals surface area contributed by atoms with Crippen LogP contribution in [-0.2, 0) is 10.2 Å². The Morgan fingerprint density at radius 1 is 1.13 bits per heavy atom. The number of nitrogens with zero attached hydrogens (tertiary/aromatic N) is 1. The molecule has 0 spiro atoms. The summed E-state index contributed by atoms with van der Waals surface area (Å²) in [6, 6.07) is 9.46. The van der Waals surface area contributed by atoms with E-state index >= 15 is 0 Å². The first-order valence-corrected chi connectivity index (χ1v) is 10.9. The smallest absolute Gasteiger partial charge is 0.243 e. The van der Waals surface area contributed by atoms with Crippen LogP contribution in [0.1, 0.15) is 52.0 Å². The summed E-state index contributed by atoms with van der Waals surface area (Å²) >= 11 is 12.8. The molecule has 0 aliphatic rings. The van der Waals surface area contributed by atoms with Crippen molar-refractivity contribution in [3.8, 4) is 17.2 Å². The SMILES string of the molecule is CC(C)(C)c1ccc2oc(-c3cc(Cl)c(OCCCCCC(=O)NO)c(Cl)c3)nc2c1. The number of unbranched alkanes of at least 4 members (excludes halogenated alkanes) is 2. The highest BCUT2D eigenvalue weighted by molar-refractivity contribution is 6.37. The van der Waals surface area contributed by atoms with Crippen LogP contribution in [0, 0.1) is 0 Å². The number of fused-ring (bicyclic) bond motifs is 1. The van der Waals surface area contributed by atoms with Crippen molar-refractivity contribution in [1.29, 1.82) is 0 Å². The van der Waals surface area contributed by atoms with E-state index in [-0.39, 0.29) is 11.8 Å². The standard InChI is InChI=1S/C23H26Cl2N2O4/c1-23(2,3)15-8-9-19-18(13-15)26-22(31-19)14-11-16(24)21(17(25)12-14)30-10-6-4-5-7-20(28)27-29/h8-9,11-13,29H,4-7,10H2,1-3H3,(H,27,28). The van der Waals surface area contributed by atoms with Gasteiger partial charge in [-0.15, -0.1) is 0 Å². The minimum Gasteiger partial charge on any atom is -0.490 e. The molecule has 0 radical (unpaired) electrons. The number of nitrogens with one attached hydrogen (secondary N) is 1. The molecule has 1 aromatic heterocycles. The van der Waals surface area contributed by atoms with E-state index in [4.69, 9.17) is 37.6 Å². The van der Waals surface area contributed by atoms with Gasteiger partial charge in [-0.05, 0) is 54.5 Å². The average Bonchev–Trinajstić information content (AvgIpc) is 3.14. The van der Waals surface area contributed by atoms with E-state index in [1.54, 1.807) is 17.6 Å². The van der Waals surface area contributed by atoms with Gasteiger partial charge in [-0.1, -0.05) is 50.0 Å². The third-order valence-electron chi connectivity index (χ3n) is 4.92. The molecular weight excluding hydrogens is 439 g/mol. The first-order chi connectivity index (χ1) is 14.7. The molecule has 0 atom stereocenters. The number of rotatable bonds is 8. The summed E-state index contributed by atoms with van der Waals surface area (Å²) in [7, 11) is 0. The van der Waals surface area contributed by atoms with Gasteiger partial charge in [-0.3, -0.25) is 10.0 Å². The quantitative estimate of drug-likeness (QED) is 0.224. The van der Waals surface area contributed by atoms with Crippen LogP contribution < -0.4 is 10.2 Å². The van der Waals surface area contributed by atoms with Crippen LogP contribution in [0.4, 0.5) is 0 Å². The number of hydrogen-bond donors (Lipinski definition) is 2. The van der Waals surface area contributed by atoms with Crippen molar-refractivity contribution in [2.24, 2.45) is 0 Å². The van der Waals surface area contributed by atoms with E-state index in [9.17, 15) is 4.79 Å². The van der Waals surface area contributed by atoms with E-state index in [0.29, 0.717) is 45.9 Å². The number of carbonyl (C=O) groups is 1. The third kappa shape index (κ3) is 5.91. The van der Waals surface area contributed by atoms with Gasteiger partial charge in [0.1, 0.15) is 5.52 Å². The number of halogens is 2. The lowest BCUT2D eigenvalue weighted by Gasteiger charge is -2.18. The van der Waals surface area contributed by atoms with Gasteiger partial charge in [0.15, 0.2) is 11.3 Å². The molecule has 3 rings (SSSR count). The van der Waals surface area contributed by atoms with Crippen molar-refractivity contribution >= 4 is 40.2 Å². The second-order valence-electron chi connectivity index (χ2n) is 8.41. The zero-order valence-electron chi connectivity index (χ0n) is 17.8. The summed E-state index contributed by atoms with van der Waals surface area (Å²) < 4.78 is 11.6. The summed E-state index contributed by atoms with van der Waals surface area (Å²) in [6.07, 6.45) is 2.44. The van der Waals surface area contributed by atoms with E-state index in [0.717, 1.165) is 18.4 Å². The van der Waals surface area contributed by atoms with E-state index in [1.165, 1.54) is 5.56 Å². The maximum absolute atomic E-state index is 11.0. The van der Waals surface area contributed by atoms with Crippen LogP contribution >= 0.6 is 23.2 Å². The topological polar surface area (TPSA) is 84.6 Å². The summed E-state index contributed by atoms with van der Waals surface area (Å²) in [6.45, 7) is 6.87. The molecular formula is C23H26Cl2N2O4. The second-order valence-corrected chi connectivity index (χ2v) is 9.23. The van der Waals surface area contributed by atoms with E-state index < -0.39 is 5.91 Å². The highest BCUT2D eigenvalue weighted by Crippen LogP contribution is 2.38. The van der Waals surface area contributed by atoms with Crippen LogP contribution in [0.25, 0.3) is 22.6 Å². The summed E-state index contributed by atoms with van der Waals surface area (Å²) in [5, 5.41) is 9.22. The molecule has 31 heavy (non-hydrogen) atoms. The summed E-state index contributed by atoms with van der Waals surface area (Å²) in [5.41, 5.74) is 4.96. The molecule has 8 heteroatoms. The molecule has 1 heterocycles. The predicted octanol–water partition coefficient (Wildman–Crippen LogP) is 6.54. The van der Waals surface area contributed by atoms with E-state index in [1.807, 2.05) is 18.2 Å². The fourth-order valence-electron chi connectivity index (χ4n) is 3.13. The summed E-state index contributed by atoms with van der Waals surface area (Å²) in [5.74, 6) is 0.460. The Labute approximate surface area is 191 Å². The monoisotopic (exact) mass is 464 g/mol. The number of amides is 1. The van der Waals surface area contributed by atoms with Crippen molar-refractivity contribution in [2.45, 2.75) is 51.9 Å². The fourth-order valence-corrected chi connectivity index (χ4v) is 3.73. The van der Waals surface area contributed by atoms with E-state index in [2.05, 4.69) is 25.8 Å². The second kappa shape index (κ2) is 9.90. The van der Waals surface area contributed by atoms with Crippen molar-refractivity contribution in [1.82, 2.24) is 10.5 Å². The van der Waals surface area contributed by atoms with Gasteiger partial charge in [-0.2, -0.15) is 0 Å². The molecule has 166 valence electrons. The van der Waals surface area contributed by atoms with Crippen LogP contribution in [0.5, 0.6) is 5.75 Å². The summed E-state index contributed by atoms with van der Waals surface area (Å²) in [4.78, 5) is 15.6. The lowest BCUT2D eigenvalue weighted by atomic mass is 9.87. The number of carbonyl (C=O) groups excluding carboxylic acids is 1. The van der Waals surface area contributed by atoms with Gasteiger partial charge in [0.05, 0.1) is 16.7 Å². The Kier molecular flexibility index (Phi) is 7.46. The molecule has 2 aromatic carbocycles. The molecule has 0 fully saturated rings. The molecule has 0 bridgehead atoms. The number of ether oxygens (including phenoxy) is 1. The Balaban J connectivity index is 1.69. The highest BCUT2D eigenvalue weighted by atomic mass is 35.5. The largest absolute Gasteiger partial charge is 0.490 e. The first kappa shape index (κ1) is 23.4. The van der Waals surface area contributed by atoms with Crippen LogP contribution in [-0.4, -0.2) is 22.7 Å². The molecule has 2 N–H and O–H groups in total. The molecule has 0 aliphatic carbocycles. The minimum absolute atomic E-state index is 0.0180. The zero-order chi connectivity index (χ0) is 22.6. The zero-order valence-corrected chi connectivity index (χ0v) is 19.3. The van der Waals surface area contributed by atoms with Gasteiger partial charge in [0.2, 0.25) is 11.8 Å². The van der Waals surface area contributed by atoms with Crippen molar-refractivity contribution in [2.75, 3.05) is 6.61 Å². The minimum atomic E-state index is -0.392. The average molecular weight is 465 g/mol.